The molecule has 5 nitrogen and oxygen atoms in total. The molecule has 0 aliphatic carbocycles. The average molecular weight is 324 g/mol. The number of hydrogen-bond donors (Lipinski definition) is 0. The zero-order valence-electron chi connectivity index (χ0n) is 11.6. The molecule has 0 saturated carbocycles. The minimum Gasteiger partial charge on any atom is -0.378 e. The fraction of sp³-hybridized carbons (Fsp3) is 0.357. The molecule has 3 rings (SSSR count). The van der Waals surface area contributed by atoms with E-state index >= 15 is 0 Å². The summed E-state index contributed by atoms with van der Waals surface area (Å²) in [6.45, 7) is 1.16. The Morgan fingerprint density at radius 2 is 2.10 bits per heavy atom. The molecule has 0 bridgehead atoms. The van der Waals surface area contributed by atoms with Crippen molar-refractivity contribution < 1.29 is 13.2 Å². The van der Waals surface area contributed by atoms with Crippen molar-refractivity contribution in [2.24, 2.45) is 0 Å². The molecule has 2 aromatic rings. The lowest BCUT2D eigenvalue weighted by Gasteiger charge is -2.32. The third-order valence-electron chi connectivity index (χ3n) is 3.39. The summed E-state index contributed by atoms with van der Waals surface area (Å²) in [5.74, 6) is 0. The molecule has 1 fully saturated rings. The van der Waals surface area contributed by atoms with Gasteiger partial charge in [-0.25, -0.2) is 13.4 Å². The van der Waals surface area contributed by atoms with E-state index in [1.54, 1.807) is 0 Å². The molecule has 0 amide bonds. The number of ether oxygens (including phenoxy) is 1. The summed E-state index contributed by atoms with van der Waals surface area (Å²) >= 11 is 1.52. The molecule has 0 radical (unpaired) electrons. The first-order valence-electron chi connectivity index (χ1n) is 6.61. The first kappa shape index (κ1) is 14.6. The van der Waals surface area contributed by atoms with Gasteiger partial charge >= 0.3 is 0 Å². The zero-order chi connectivity index (χ0) is 14.9. The van der Waals surface area contributed by atoms with Crippen LogP contribution in [-0.2, 0) is 14.8 Å². The topological polar surface area (TPSA) is 59.5 Å². The number of aromatic nitrogens is 1. The average Bonchev–Trinajstić information content (AvgIpc) is 2.97. The normalized spacial score (nSPS) is 20.5. The number of sulfonamides is 1. The van der Waals surface area contributed by atoms with Gasteiger partial charge in [-0.15, -0.1) is 11.3 Å². The smallest absolute Gasteiger partial charge is 0.211 e. The van der Waals surface area contributed by atoms with Gasteiger partial charge in [0.25, 0.3) is 0 Å². The molecule has 1 aromatic heterocycles. The van der Waals surface area contributed by atoms with Gasteiger partial charge in [0.1, 0.15) is 5.01 Å². The number of thiazole rings is 1. The van der Waals surface area contributed by atoms with Crippen LogP contribution in [0, 0.1) is 0 Å². The summed E-state index contributed by atoms with van der Waals surface area (Å²) in [6, 6.07) is 9.54. The Bertz CT molecular complexity index is 713. The molecule has 1 aliphatic heterocycles. The summed E-state index contributed by atoms with van der Waals surface area (Å²) in [4.78, 5) is 4.60. The molecule has 1 saturated heterocycles. The van der Waals surface area contributed by atoms with Crippen molar-refractivity contribution in [2.75, 3.05) is 26.0 Å². The molecule has 112 valence electrons. The van der Waals surface area contributed by atoms with E-state index in [1.807, 2.05) is 35.7 Å². The predicted molar refractivity (Wildman–Crippen MR) is 82.7 cm³/mol. The van der Waals surface area contributed by atoms with Crippen molar-refractivity contribution in [2.45, 2.75) is 6.04 Å². The lowest BCUT2D eigenvalue weighted by atomic mass is 10.2. The van der Waals surface area contributed by atoms with E-state index in [1.165, 1.54) is 21.9 Å². The number of rotatable bonds is 3. The van der Waals surface area contributed by atoms with Gasteiger partial charge in [0.15, 0.2) is 0 Å². The second kappa shape index (κ2) is 5.84. The molecule has 0 N–H and O–H groups in total. The van der Waals surface area contributed by atoms with E-state index in [0.29, 0.717) is 19.8 Å². The first-order valence-corrected chi connectivity index (χ1v) is 9.34. The highest BCUT2D eigenvalue weighted by Gasteiger charge is 2.32. The molecule has 1 aliphatic rings. The van der Waals surface area contributed by atoms with Crippen LogP contribution in [0.5, 0.6) is 0 Å². The number of benzene rings is 1. The van der Waals surface area contributed by atoms with Crippen LogP contribution in [0.25, 0.3) is 10.6 Å². The minimum atomic E-state index is -3.26. The van der Waals surface area contributed by atoms with Crippen LogP contribution in [0.15, 0.2) is 35.7 Å². The predicted octanol–water partition coefficient (Wildman–Crippen LogP) is 2.14. The lowest BCUT2D eigenvalue weighted by molar-refractivity contribution is 0.0311. The monoisotopic (exact) mass is 324 g/mol. The van der Waals surface area contributed by atoms with E-state index in [4.69, 9.17) is 4.74 Å². The maximum atomic E-state index is 11.9. The van der Waals surface area contributed by atoms with Crippen LogP contribution >= 0.6 is 11.3 Å². The van der Waals surface area contributed by atoms with Gasteiger partial charge < -0.3 is 4.74 Å². The maximum Gasteiger partial charge on any atom is 0.211 e. The van der Waals surface area contributed by atoms with Crippen LogP contribution < -0.4 is 0 Å². The number of hydrogen-bond acceptors (Lipinski definition) is 5. The first-order chi connectivity index (χ1) is 10.1. The lowest BCUT2D eigenvalue weighted by Crippen LogP contribution is -2.42. The Morgan fingerprint density at radius 1 is 1.33 bits per heavy atom. The van der Waals surface area contributed by atoms with Gasteiger partial charge in [-0.2, -0.15) is 4.31 Å². The SMILES string of the molecule is CS(=O)(=O)N1CCOC[C@H]1c1csc(-c2ccccc2)n1. The Kier molecular flexibility index (Phi) is 4.08. The molecular weight excluding hydrogens is 308 g/mol. The molecule has 0 unspecified atom stereocenters. The Balaban J connectivity index is 1.91. The van der Waals surface area contributed by atoms with Crippen LogP contribution in [0.4, 0.5) is 0 Å². The van der Waals surface area contributed by atoms with Crippen LogP contribution in [0.1, 0.15) is 11.7 Å². The van der Waals surface area contributed by atoms with Crippen LogP contribution in [0.2, 0.25) is 0 Å². The quantitative estimate of drug-likeness (QED) is 0.868. The van der Waals surface area contributed by atoms with E-state index < -0.39 is 10.0 Å². The van der Waals surface area contributed by atoms with E-state index in [9.17, 15) is 8.42 Å². The molecule has 7 heteroatoms. The summed E-state index contributed by atoms with van der Waals surface area (Å²) in [5.41, 5.74) is 1.79. The zero-order valence-corrected chi connectivity index (χ0v) is 13.2. The minimum absolute atomic E-state index is 0.331. The molecular formula is C14H16N2O3S2. The van der Waals surface area contributed by atoms with Crippen molar-refractivity contribution in [1.29, 1.82) is 0 Å². The van der Waals surface area contributed by atoms with Crippen LogP contribution in [0.3, 0.4) is 0 Å². The third kappa shape index (κ3) is 3.16. The fourth-order valence-corrected chi connectivity index (χ4v) is 4.28. The molecule has 0 spiro atoms. The second-order valence-corrected chi connectivity index (χ2v) is 7.70. The summed E-state index contributed by atoms with van der Waals surface area (Å²) in [7, 11) is -3.26. The molecule has 1 atom stereocenters. The van der Waals surface area contributed by atoms with Gasteiger partial charge in [-0.1, -0.05) is 30.3 Å². The molecule has 1 aromatic carbocycles. The summed E-state index contributed by atoms with van der Waals surface area (Å²) in [6.07, 6.45) is 1.23. The summed E-state index contributed by atoms with van der Waals surface area (Å²) < 4.78 is 30.7. The van der Waals surface area contributed by atoms with Crippen molar-refractivity contribution in [3.63, 3.8) is 0 Å². The summed E-state index contributed by atoms with van der Waals surface area (Å²) in [5, 5.41) is 2.81. The maximum absolute atomic E-state index is 11.9. The van der Waals surface area contributed by atoms with Gasteiger partial charge in [0, 0.05) is 17.5 Å². The van der Waals surface area contributed by atoms with Crippen molar-refractivity contribution in [3.8, 4) is 10.6 Å². The standard InChI is InChI=1S/C14H16N2O3S2/c1-21(17,18)16-7-8-19-9-13(16)12-10-20-14(15-12)11-5-3-2-4-6-11/h2-6,10,13H,7-9H2,1H3/t13-/m0/s1. The van der Waals surface area contributed by atoms with E-state index in [0.717, 1.165) is 16.3 Å². The highest BCUT2D eigenvalue weighted by molar-refractivity contribution is 7.88. The highest BCUT2D eigenvalue weighted by Crippen LogP contribution is 2.31. The van der Waals surface area contributed by atoms with E-state index in [-0.39, 0.29) is 6.04 Å². The van der Waals surface area contributed by atoms with Crippen molar-refractivity contribution in [1.82, 2.24) is 9.29 Å². The van der Waals surface area contributed by atoms with E-state index in [2.05, 4.69) is 4.98 Å². The Labute approximate surface area is 128 Å². The number of morpholine rings is 1. The Hall–Kier alpha value is -1.28. The van der Waals surface area contributed by atoms with Crippen molar-refractivity contribution in [3.05, 3.63) is 41.4 Å². The van der Waals surface area contributed by atoms with Crippen LogP contribution in [-0.4, -0.2) is 43.7 Å². The Morgan fingerprint density at radius 3 is 2.81 bits per heavy atom. The van der Waals surface area contributed by atoms with Gasteiger partial charge in [0.2, 0.25) is 10.0 Å². The van der Waals surface area contributed by atoms with Gasteiger partial charge in [-0.3, -0.25) is 0 Å². The third-order valence-corrected chi connectivity index (χ3v) is 5.59. The molecule has 2 heterocycles. The molecule has 21 heavy (non-hydrogen) atoms. The van der Waals surface area contributed by atoms with Gasteiger partial charge in [-0.05, 0) is 0 Å². The van der Waals surface area contributed by atoms with Gasteiger partial charge in [0.05, 0.1) is 31.2 Å². The second-order valence-electron chi connectivity index (χ2n) is 4.91. The number of nitrogens with zero attached hydrogens (tertiary/aromatic N) is 2. The highest BCUT2D eigenvalue weighted by atomic mass is 32.2. The van der Waals surface area contributed by atoms with Crippen molar-refractivity contribution >= 4 is 21.4 Å². The fourth-order valence-electron chi connectivity index (χ4n) is 2.37. The largest absolute Gasteiger partial charge is 0.378 e.